The van der Waals surface area contributed by atoms with Gasteiger partial charge in [-0.2, -0.15) is 0 Å². The van der Waals surface area contributed by atoms with Crippen LogP contribution in [-0.2, 0) is 0 Å². The second-order valence-electron chi connectivity index (χ2n) is 4.99. The maximum absolute atomic E-state index is 11.2. The number of benzene rings is 2. The van der Waals surface area contributed by atoms with Crippen molar-refractivity contribution >= 4 is 5.97 Å². The summed E-state index contributed by atoms with van der Waals surface area (Å²) in [6, 6.07) is 9.12. The fourth-order valence-corrected chi connectivity index (χ4v) is 2.64. The molecule has 0 saturated heterocycles. The number of methoxy groups -OCH3 is 1. The average molecular weight is 270 g/mol. The predicted octanol–water partition coefficient (Wildman–Crippen LogP) is 3.99. The Morgan fingerprint density at radius 1 is 1.05 bits per heavy atom. The molecular formula is C17H18O3. The topological polar surface area (TPSA) is 46.5 Å². The van der Waals surface area contributed by atoms with Crippen LogP contribution in [0.4, 0.5) is 0 Å². The highest BCUT2D eigenvalue weighted by Gasteiger charge is 2.14. The van der Waals surface area contributed by atoms with Crippen LogP contribution in [0.2, 0.25) is 0 Å². The fraction of sp³-hybridized carbons (Fsp3) is 0.235. The van der Waals surface area contributed by atoms with Crippen molar-refractivity contribution in [3.8, 4) is 16.9 Å². The summed E-state index contributed by atoms with van der Waals surface area (Å²) >= 11 is 0. The molecule has 2 rings (SSSR count). The maximum Gasteiger partial charge on any atom is 0.335 e. The van der Waals surface area contributed by atoms with Crippen molar-refractivity contribution in [1.29, 1.82) is 0 Å². The standard InChI is InChI=1S/C17H18O3/c1-10-7-11(2)16(12(3)8-10)14-9-13(17(18)19)5-6-15(14)20-4/h5-9H,1-4H3,(H,18,19). The lowest BCUT2D eigenvalue weighted by Crippen LogP contribution is -1.99. The van der Waals surface area contributed by atoms with Gasteiger partial charge in [0.15, 0.2) is 0 Å². The van der Waals surface area contributed by atoms with E-state index < -0.39 is 5.97 Å². The number of aromatic carboxylic acids is 1. The van der Waals surface area contributed by atoms with E-state index in [0.29, 0.717) is 5.75 Å². The number of hydrogen-bond donors (Lipinski definition) is 1. The molecule has 2 aromatic rings. The van der Waals surface area contributed by atoms with Gasteiger partial charge >= 0.3 is 5.97 Å². The van der Waals surface area contributed by atoms with E-state index in [4.69, 9.17) is 9.84 Å². The lowest BCUT2D eigenvalue weighted by molar-refractivity contribution is 0.0697. The highest BCUT2D eigenvalue weighted by atomic mass is 16.5. The number of carbonyl (C=O) groups is 1. The first kappa shape index (κ1) is 14.1. The second kappa shape index (κ2) is 5.37. The molecule has 0 atom stereocenters. The Morgan fingerprint density at radius 2 is 1.65 bits per heavy atom. The molecule has 0 amide bonds. The molecule has 2 aromatic carbocycles. The summed E-state index contributed by atoms with van der Waals surface area (Å²) in [6.07, 6.45) is 0. The number of carboxylic acid groups (broad SMARTS) is 1. The molecule has 0 bridgehead atoms. The van der Waals surface area contributed by atoms with E-state index in [1.54, 1.807) is 25.3 Å². The van der Waals surface area contributed by atoms with E-state index in [1.807, 2.05) is 13.8 Å². The van der Waals surface area contributed by atoms with E-state index in [-0.39, 0.29) is 5.56 Å². The third-order valence-electron chi connectivity index (χ3n) is 3.39. The van der Waals surface area contributed by atoms with Crippen LogP contribution in [0.25, 0.3) is 11.1 Å². The summed E-state index contributed by atoms with van der Waals surface area (Å²) in [6.45, 7) is 6.11. The van der Waals surface area contributed by atoms with Gasteiger partial charge in [-0.15, -0.1) is 0 Å². The first-order valence-corrected chi connectivity index (χ1v) is 6.43. The lowest BCUT2D eigenvalue weighted by Gasteiger charge is -2.15. The van der Waals surface area contributed by atoms with Gasteiger partial charge in [-0.25, -0.2) is 4.79 Å². The zero-order valence-electron chi connectivity index (χ0n) is 12.2. The number of carboxylic acids is 1. The maximum atomic E-state index is 11.2. The summed E-state index contributed by atoms with van der Waals surface area (Å²) in [5, 5.41) is 9.16. The molecule has 0 aromatic heterocycles. The van der Waals surface area contributed by atoms with Crippen LogP contribution in [0.5, 0.6) is 5.75 Å². The van der Waals surface area contributed by atoms with Crippen molar-refractivity contribution in [2.45, 2.75) is 20.8 Å². The van der Waals surface area contributed by atoms with Crippen LogP contribution in [-0.4, -0.2) is 18.2 Å². The van der Waals surface area contributed by atoms with Crippen molar-refractivity contribution in [3.63, 3.8) is 0 Å². The van der Waals surface area contributed by atoms with Crippen LogP contribution in [0, 0.1) is 20.8 Å². The molecule has 3 heteroatoms. The van der Waals surface area contributed by atoms with Crippen molar-refractivity contribution < 1.29 is 14.6 Å². The van der Waals surface area contributed by atoms with Crippen LogP contribution < -0.4 is 4.74 Å². The van der Waals surface area contributed by atoms with Crippen LogP contribution in [0.1, 0.15) is 27.0 Å². The van der Waals surface area contributed by atoms with Gasteiger partial charge in [0.1, 0.15) is 5.75 Å². The molecule has 0 fully saturated rings. The van der Waals surface area contributed by atoms with Crippen LogP contribution in [0.15, 0.2) is 30.3 Å². The SMILES string of the molecule is COc1ccc(C(=O)O)cc1-c1c(C)cc(C)cc1C. The molecule has 0 radical (unpaired) electrons. The fourth-order valence-electron chi connectivity index (χ4n) is 2.64. The largest absolute Gasteiger partial charge is 0.496 e. The second-order valence-corrected chi connectivity index (χ2v) is 4.99. The van der Waals surface area contributed by atoms with E-state index in [9.17, 15) is 4.79 Å². The summed E-state index contributed by atoms with van der Waals surface area (Å²) in [5.41, 5.74) is 5.54. The Balaban J connectivity index is 2.74. The Labute approximate surface area is 118 Å². The molecule has 3 nitrogen and oxygen atoms in total. The summed E-state index contributed by atoms with van der Waals surface area (Å²) in [7, 11) is 1.60. The Kier molecular flexibility index (Phi) is 3.79. The minimum atomic E-state index is -0.934. The summed E-state index contributed by atoms with van der Waals surface area (Å²) in [5.74, 6) is -0.249. The first-order valence-electron chi connectivity index (χ1n) is 6.43. The number of aryl methyl sites for hydroxylation is 3. The van der Waals surface area contributed by atoms with Gasteiger partial charge in [0.25, 0.3) is 0 Å². The highest BCUT2D eigenvalue weighted by Crippen LogP contribution is 2.35. The summed E-state index contributed by atoms with van der Waals surface area (Å²) < 4.78 is 5.38. The minimum absolute atomic E-state index is 0.264. The van der Waals surface area contributed by atoms with Crippen LogP contribution >= 0.6 is 0 Å². The molecule has 0 aliphatic rings. The van der Waals surface area contributed by atoms with Crippen molar-refractivity contribution in [3.05, 3.63) is 52.6 Å². The highest BCUT2D eigenvalue weighted by molar-refractivity contribution is 5.91. The van der Waals surface area contributed by atoms with Gasteiger partial charge in [-0.1, -0.05) is 17.7 Å². The van der Waals surface area contributed by atoms with E-state index >= 15 is 0 Å². The molecule has 0 spiro atoms. The molecule has 104 valence electrons. The quantitative estimate of drug-likeness (QED) is 0.917. The molecular weight excluding hydrogens is 252 g/mol. The average Bonchev–Trinajstić information content (AvgIpc) is 2.37. The third-order valence-corrected chi connectivity index (χ3v) is 3.39. The van der Waals surface area contributed by atoms with Gasteiger partial charge in [0.2, 0.25) is 0 Å². The zero-order chi connectivity index (χ0) is 14.9. The summed E-state index contributed by atoms with van der Waals surface area (Å²) in [4.78, 5) is 11.2. The first-order chi connectivity index (χ1) is 9.43. The van der Waals surface area contributed by atoms with Gasteiger partial charge in [-0.3, -0.25) is 0 Å². The molecule has 0 aliphatic heterocycles. The number of rotatable bonds is 3. The molecule has 0 heterocycles. The van der Waals surface area contributed by atoms with E-state index in [0.717, 1.165) is 22.3 Å². The lowest BCUT2D eigenvalue weighted by atomic mass is 9.92. The molecule has 0 saturated carbocycles. The Morgan fingerprint density at radius 3 is 2.15 bits per heavy atom. The van der Waals surface area contributed by atoms with Crippen LogP contribution in [0.3, 0.4) is 0 Å². The normalized spacial score (nSPS) is 10.4. The van der Waals surface area contributed by atoms with Gasteiger partial charge < -0.3 is 9.84 Å². The monoisotopic (exact) mass is 270 g/mol. The van der Waals surface area contributed by atoms with Crippen molar-refractivity contribution in [2.75, 3.05) is 7.11 Å². The van der Waals surface area contributed by atoms with Crippen molar-refractivity contribution in [1.82, 2.24) is 0 Å². The van der Waals surface area contributed by atoms with Crippen molar-refractivity contribution in [2.24, 2.45) is 0 Å². The molecule has 0 unspecified atom stereocenters. The number of hydrogen-bond acceptors (Lipinski definition) is 2. The van der Waals surface area contributed by atoms with Gasteiger partial charge in [0.05, 0.1) is 12.7 Å². The molecule has 20 heavy (non-hydrogen) atoms. The zero-order valence-corrected chi connectivity index (χ0v) is 12.2. The third kappa shape index (κ3) is 2.52. The minimum Gasteiger partial charge on any atom is -0.496 e. The molecule has 0 aliphatic carbocycles. The Hall–Kier alpha value is -2.29. The van der Waals surface area contributed by atoms with E-state index in [2.05, 4.69) is 19.1 Å². The number of ether oxygens (including phenoxy) is 1. The smallest absolute Gasteiger partial charge is 0.335 e. The predicted molar refractivity (Wildman–Crippen MR) is 79.6 cm³/mol. The van der Waals surface area contributed by atoms with E-state index in [1.165, 1.54) is 5.56 Å². The molecule has 1 N–H and O–H groups in total. The van der Waals surface area contributed by atoms with Gasteiger partial charge in [0, 0.05) is 5.56 Å². The Bertz CT molecular complexity index is 649. The van der Waals surface area contributed by atoms with Gasteiger partial charge in [-0.05, 0) is 55.7 Å².